The standard InChI is InChI=1S/C8H10N2O5S/c11-7(12)6-5-9-8(16(6,13)14)10-1-3-15-4-2-10/h5H,1-4H2,(H,11,12). The molecule has 0 aliphatic carbocycles. The summed E-state index contributed by atoms with van der Waals surface area (Å²) in [5.41, 5.74) is 0. The van der Waals surface area contributed by atoms with E-state index in [-0.39, 0.29) is 5.17 Å². The van der Waals surface area contributed by atoms with Crippen LogP contribution >= 0.6 is 0 Å². The zero-order chi connectivity index (χ0) is 11.8. The van der Waals surface area contributed by atoms with Gasteiger partial charge >= 0.3 is 5.97 Å². The quantitative estimate of drug-likeness (QED) is 0.639. The highest BCUT2D eigenvalue weighted by Gasteiger charge is 2.38. The Morgan fingerprint density at radius 2 is 2.06 bits per heavy atom. The molecule has 2 aliphatic rings. The Kier molecular flexibility index (Phi) is 2.68. The van der Waals surface area contributed by atoms with Gasteiger partial charge in [-0.15, -0.1) is 0 Å². The first kappa shape index (κ1) is 11.1. The van der Waals surface area contributed by atoms with Gasteiger partial charge in [-0.3, -0.25) is 0 Å². The molecule has 0 aromatic carbocycles. The van der Waals surface area contributed by atoms with Crippen molar-refractivity contribution in [3.8, 4) is 0 Å². The Hall–Kier alpha value is -1.41. The van der Waals surface area contributed by atoms with Crippen LogP contribution in [0.25, 0.3) is 0 Å². The Balaban J connectivity index is 2.25. The van der Waals surface area contributed by atoms with Crippen molar-refractivity contribution >= 4 is 21.0 Å². The van der Waals surface area contributed by atoms with Crippen LogP contribution in [0.1, 0.15) is 0 Å². The van der Waals surface area contributed by atoms with E-state index in [1.54, 1.807) is 0 Å². The van der Waals surface area contributed by atoms with Gasteiger partial charge in [-0.25, -0.2) is 18.2 Å². The average Bonchev–Trinajstić information content (AvgIpc) is 2.55. The molecule has 8 heteroatoms. The summed E-state index contributed by atoms with van der Waals surface area (Å²) in [6.45, 7) is 1.63. The van der Waals surface area contributed by atoms with Gasteiger partial charge in [0.15, 0.2) is 4.91 Å². The number of carboxylic acids is 1. The van der Waals surface area contributed by atoms with E-state index in [1.807, 2.05) is 0 Å². The Morgan fingerprint density at radius 1 is 1.44 bits per heavy atom. The summed E-state index contributed by atoms with van der Waals surface area (Å²) < 4.78 is 28.6. The van der Waals surface area contributed by atoms with Gasteiger partial charge in [0, 0.05) is 13.1 Å². The van der Waals surface area contributed by atoms with Crippen molar-refractivity contribution in [3.63, 3.8) is 0 Å². The minimum atomic E-state index is -3.94. The third kappa shape index (κ3) is 1.69. The van der Waals surface area contributed by atoms with Crippen molar-refractivity contribution in [1.82, 2.24) is 4.90 Å². The number of rotatable bonds is 1. The van der Waals surface area contributed by atoms with E-state index in [2.05, 4.69) is 4.99 Å². The molecular formula is C8H10N2O5S. The van der Waals surface area contributed by atoms with E-state index in [0.29, 0.717) is 26.3 Å². The molecule has 0 radical (unpaired) electrons. The second-order valence-electron chi connectivity index (χ2n) is 3.31. The van der Waals surface area contributed by atoms with Crippen molar-refractivity contribution in [1.29, 1.82) is 0 Å². The van der Waals surface area contributed by atoms with Gasteiger partial charge < -0.3 is 14.7 Å². The number of hydrogen-bond donors (Lipinski definition) is 1. The lowest BCUT2D eigenvalue weighted by atomic mass is 10.5. The maximum Gasteiger partial charge on any atom is 0.349 e. The molecule has 0 bridgehead atoms. The molecule has 0 unspecified atom stereocenters. The highest BCUT2D eigenvalue weighted by atomic mass is 32.2. The van der Waals surface area contributed by atoms with E-state index >= 15 is 0 Å². The molecule has 1 N–H and O–H groups in total. The van der Waals surface area contributed by atoms with Crippen LogP contribution in [0.4, 0.5) is 0 Å². The van der Waals surface area contributed by atoms with E-state index < -0.39 is 20.7 Å². The monoisotopic (exact) mass is 246 g/mol. The van der Waals surface area contributed by atoms with Crippen molar-refractivity contribution in [3.05, 3.63) is 11.1 Å². The number of sulfone groups is 1. The molecule has 1 fully saturated rings. The molecule has 2 heterocycles. The second-order valence-corrected chi connectivity index (χ2v) is 5.12. The van der Waals surface area contributed by atoms with Gasteiger partial charge in [-0.05, 0) is 0 Å². The normalized spacial score (nSPS) is 23.9. The van der Waals surface area contributed by atoms with Gasteiger partial charge in [0.05, 0.1) is 19.4 Å². The second kappa shape index (κ2) is 3.87. The molecule has 2 rings (SSSR count). The summed E-state index contributed by atoms with van der Waals surface area (Å²) in [5, 5.41) is 8.51. The SMILES string of the molecule is O=C(O)C1=CN=C(N2CCOCC2)S1(=O)=O. The van der Waals surface area contributed by atoms with E-state index in [9.17, 15) is 13.2 Å². The number of morpholine rings is 1. The first-order valence-electron chi connectivity index (χ1n) is 4.62. The van der Waals surface area contributed by atoms with Gasteiger partial charge in [-0.2, -0.15) is 0 Å². The summed E-state index contributed by atoms with van der Waals surface area (Å²) in [6.07, 6.45) is 0.877. The molecule has 2 aliphatic heterocycles. The van der Waals surface area contributed by atoms with Crippen LogP contribution in [0.3, 0.4) is 0 Å². The molecule has 7 nitrogen and oxygen atoms in total. The van der Waals surface area contributed by atoms with Crippen LogP contribution in [0.2, 0.25) is 0 Å². The highest BCUT2D eigenvalue weighted by molar-refractivity contribution is 8.10. The van der Waals surface area contributed by atoms with Crippen molar-refractivity contribution in [2.24, 2.45) is 4.99 Å². The molecule has 0 atom stereocenters. The number of aliphatic imine (C=N–C) groups is 1. The molecule has 0 spiro atoms. The molecule has 0 amide bonds. The van der Waals surface area contributed by atoms with Crippen LogP contribution in [0.15, 0.2) is 16.1 Å². The number of nitrogens with zero attached hydrogens (tertiary/aromatic N) is 2. The Labute approximate surface area is 91.9 Å². The van der Waals surface area contributed by atoms with Crippen molar-refractivity contribution < 1.29 is 23.1 Å². The Morgan fingerprint density at radius 3 is 2.56 bits per heavy atom. The first-order chi connectivity index (χ1) is 7.53. The van der Waals surface area contributed by atoms with Crippen LogP contribution in [0, 0.1) is 0 Å². The molecule has 0 saturated carbocycles. The maximum atomic E-state index is 11.8. The average molecular weight is 246 g/mol. The first-order valence-corrected chi connectivity index (χ1v) is 6.11. The van der Waals surface area contributed by atoms with Crippen LogP contribution < -0.4 is 0 Å². The fraction of sp³-hybridized carbons (Fsp3) is 0.500. The van der Waals surface area contributed by atoms with Gasteiger partial charge in [0.2, 0.25) is 15.0 Å². The molecule has 88 valence electrons. The Bertz CT molecular complexity index is 473. The smallest absolute Gasteiger partial charge is 0.349 e. The maximum absolute atomic E-state index is 11.8. The summed E-state index contributed by atoms with van der Waals surface area (Å²) in [7, 11) is -3.94. The lowest BCUT2D eigenvalue weighted by molar-refractivity contribution is -0.131. The third-order valence-corrected chi connectivity index (χ3v) is 4.02. The fourth-order valence-corrected chi connectivity index (χ4v) is 2.86. The molecule has 16 heavy (non-hydrogen) atoms. The highest BCUT2D eigenvalue weighted by Crippen LogP contribution is 2.20. The minimum Gasteiger partial charge on any atom is -0.477 e. The lowest BCUT2D eigenvalue weighted by Crippen LogP contribution is -2.43. The van der Waals surface area contributed by atoms with Crippen molar-refractivity contribution in [2.45, 2.75) is 0 Å². The van der Waals surface area contributed by atoms with Crippen molar-refractivity contribution in [2.75, 3.05) is 26.3 Å². The van der Waals surface area contributed by atoms with E-state index in [0.717, 1.165) is 6.20 Å². The topological polar surface area (TPSA) is 96.3 Å². The fourth-order valence-electron chi connectivity index (χ4n) is 1.53. The van der Waals surface area contributed by atoms with Gasteiger partial charge in [-0.1, -0.05) is 0 Å². The lowest BCUT2D eigenvalue weighted by Gasteiger charge is -2.27. The third-order valence-electron chi connectivity index (χ3n) is 2.31. The number of hydrogen-bond acceptors (Lipinski definition) is 6. The zero-order valence-corrected chi connectivity index (χ0v) is 9.11. The predicted octanol–water partition coefficient (Wildman–Crippen LogP) is -0.971. The summed E-state index contributed by atoms with van der Waals surface area (Å²) >= 11 is 0. The number of amidine groups is 1. The van der Waals surface area contributed by atoms with Crippen LogP contribution in [-0.4, -0.2) is 55.9 Å². The number of aliphatic carboxylic acids is 1. The number of carbonyl (C=O) groups is 1. The predicted molar refractivity (Wildman–Crippen MR) is 54.5 cm³/mol. The van der Waals surface area contributed by atoms with Crippen LogP contribution in [-0.2, 0) is 19.4 Å². The molecule has 1 saturated heterocycles. The zero-order valence-electron chi connectivity index (χ0n) is 8.29. The van der Waals surface area contributed by atoms with Gasteiger partial charge in [0.25, 0.3) is 0 Å². The largest absolute Gasteiger partial charge is 0.477 e. The summed E-state index contributed by atoms with van der Waals surface area (Å²) in [4.78, 5) is 15.2. The van der Waals surface area contributed by atoms with E-state index in [4.69, 9.17) is 9.84 Å². The van der Waals surface area contributed by atoms with Crippen LogP contribution in [0.5, 0.6) is 0 Å². The minimum absolute atomic E-state index is 0.187. The number of carboxylic acid groups (broad SMARTS) is 1. The summed E-state index contributed by atoms with van der Waals surface area (Å²) in [6, 6.07) is 0. The molecule has 0 aromatic heterocycles. The van der Waals surface area contributed by atoms with E-state index in [1.165, 1.54) is 4.90 Å². The molecule has 0 aromatic rings. The summed E-state index contributed by atoms with van der Waals surface area (Å²) in [5.74, 6) is -1.48. The van der Waals surface area contributed by atoms with Gasteiger partial charge in [0.1, 0.15) is 0 Å². The molecular weight excluding hydrogens is 236 g/mol. The number of ether oxygens (including phenoxy) is 1.